The first-order chi connectivity index (χ1) is 15.8. The molecular formula is C27H25FN2O3. The van der Waals surface area contributed by atoms with Crippen molar-refractivity contribution in [1.29, 1.82) is 0 Å². The SMILES string of the molecule is Cc1cc(C)cc(OCCN2C(=O)C(c3ccc(F)cc3)=C(N(C)c3ccccc3)C2=O)c1. The lowest BCUT2D eigenvalue weighted by Crippen LogP contribution is -2.37. The van der Waals surface area contributed by atoms with Crippen LogP contribution in [0.3, 0.4) is 0 Å². The lowest BCUT2D eigenvalue weighted by molar-refractivity contribution is -0.137. The number of aryl methyl sites for hydroxylation is 2. The van der Waals surface area contributed by atoms with Crippen LogP contribution < -0.4 is 9.64 Å². The molecular weight excluding hydrogens is 419 g/mol. The summed E-state index contributed by atoms with van der Waals surface area (Å²) in [4.78, 5) is 29.7. The maximum atomic E-state index is 13.5. The predicted molar refractivity (Wildman–Crippen MR) is 126 cm³/mol. The summed E-state index contributed by atoms with van der Waals surface area (Å²) in [5.41, 5.74) is 3.91. The van der Waals surface area contributed by atoms with Crippen LogP contribution in [0.5, 0.6) is 5.75 Å². The van der Waals surface area contributed by atoms with Crippen LogP contribution in [0.2, 0.25) is 0 Å². The third-order valence-corrected chi connectivity index (χ3v) is 5.53. The molecule has 6 heteroatoms. The molecule has 5 nitrogen and oxygen atoms in total. The van der Waals surface area contributed by atoms with Crippen LogP contribution in [0, 0.1) is 19.7 Å². The molecule has 0 atom stereocenters. The number of nitrogens with zero attached hydrogens (tertiary/aromatic N) is 2. The maximum absolute atomic E-state index is 13.5. The van der Waals surface area contributed by atoms with Crippen LogP contribution >= 0.6 is 0 Å². The van der Waals surface area contributed by atoms with Crippen molar-refractivity contribution in [3.05, 3.63) is 101 Å². The van der Waals surface area contributed by atoms with Gasteiger partial charge in [-0.1, -0.05) is 36.4 Å². The Bertz CT molecular complexity index is 1200. The summed E-state index contributed by atoms with van der Waals surface area (Å²) in [6.07, 6.45) is 0. The molecule has 0 aromatic heterocycles. The number of hydrogen-bond donors (Lipinski definition) is 0. The van der Waals surface area contributed by atoms with E-state index in [-0.39, 0.29) is 24.4 Å². The molecule has 0 unspecified atom stereocenters. The Balaban J connectivity index is 1.62. The number of carbonyl (C=O) groups excluding carboxylic acids is 2. The topological polar surface area (TPSA) is 49.9 Å². The van der Waals surface area contributed by atoms with Crippen molar-refractivity contribution in [2.45, 2.75) is 13.8 Å². The number of hydrogen-bond acceptors (Lipinski definition) is 4. The van der Waals surface area contributed by atoms with Gasteiger partial charge in [0, 0.05) is 12.7 Å². The Kier molecular flexibility index (Phi) is 6.27. The average molecular weight is 445 g/mol. The summed E-state index contributed by atoms with van der Waals surface area (Å²) in [6, 6.07) is 20.8. The smallest absolute Gasteiger partial charge is 0.278 e. The molecule has 1 heterocycles. The highest BCUT2D eigenvalue weighted by Gasteiger charge is 2.41. The maximum Gasteiger partial charge on any atom is 0.278 e. The van der Waals surface area contributed by atoms with E-state index < -0.39 is 17.6 Å². The minimum Gasteiger partial charge on any atom is -0.492 e. The van der Waals surface area contributed by atoms with Crippen molar-refractivity contribution < 1.29 is 18.7 Å². The van der Waals surface area contributed by atoms with Crippen LogP contribution in [0.25, 0.3) is 5.57 Å². The van der Waals surface area contributed by atoms with Crippen molar-refractivity contribution in [2.75, 3.05) is 25.1 Å². The number of anilines is 1. The van der Waals surface area contributed by atoms with Crippen LogP contribution in [0.15, 0.2) is 78.5 Å². The van der Waals surface area contributed by atoms with E-state index in [9.17, 15) is 14.0 Å². The third kappa shape index (κ3) is 4.65. The van der Waals surface area contributed by atoms with Gasteiger partial charge < -0.3 is 9.64 Å². The molecule has 0 N–H and O–H groups in total. The van der Waals surface area contributed by atoms with Gasteiger partial charge in [-0.3, -0.25) is 14.5 Å². The normalized spacial score (nSPS) is 13.6. The second kappa shape index (κ2) is 9.28. The van der Waals surface area contributed by atoms with Gasteiger partial charge in [0.05, 0.1) is 12.1 Å². The van der Waals surface area contributed by atoms with Gasteiger partial charge in [-0.2, -0.15) is 0 Å². The highest BCUT2D eigenvalue weighted by atomic mass is 19.1. The lowest BCUT2D eigenvalue weighted by atomic mass is 10.0. The van der Waals surface area contributed by atoms with Gasteiger partial charge >= 0.3 is 0 Å². The second-order valence-corrected chi connectivity index (χ2v) is 8.06. The minimum absolute atomic E-state index is 0.0987. The predicted octanol–water partition coefficient (Wildman–Crippen LogP) is 4.74. The minimum atomic E-state index is -0.423. The molecule has 3 aromatic rings. The molecule has 4 rings (SSSR count). The van der Waals surface area contributed by atoms with E-state index in [0.29, 0.717) is 11.3 Å². The first kappa shape index (κ1) is 22.3. The van der Waals surface area contributed by atoms with Gasteiger partial charge in [0.2, 0.25) is 0 Å². The van der Waals surface area contributed by atoms with Gasteiger partial charge in [-0.15, -0.1) is 0 Å². The Morgan fingerprint density at radius 2 is 1.52 bits per heavy atom. The molecule has 0 fully saturated rings. The zero-order chi connectivity index (χ0) is 23.5. The summed E-state index contributed by atoms with van der Waals surface area (Å²) in [7, 11) is 1.74. The molecule has 0 bridgehead atoms. The van der Waals surface area contributed by atoms with Crippen LogP contribution in [-0.2, 0) is 9.59 Å². The molecule has 0 spiro atoms. The van der Waals surface area contributed by atoms with Crippen LogP contribution in [0.4, 0.5) is 10.1 Å². The number of ether oxygens (including phenoxy) is 1. The number of imide groups is 1. The van der Waals surface area contributed by atoms with Gasteiger partial charge in [-0.25, -0.2) is 4.39 Å². The molecule has 0 radical (unpaired) electrons. The van der Waals surface area contributed by atoms with Crippen molar-refractivity contribution >= 4 is 23.1 Å². The van der Waals surface area contributed by atoms with E-state index in [1.165, 1.54) is 29.2 Å². The van der Waals surface area contributed by atoms with E-state index in [2.05, 4.69) is 0 Å². The Morgan fingerprint density at radius 1 is 0.879 bits per heavy atom. The number of benzene rings is 3. The molecule has 1 aliphatic rings. The van der Waals surface area contributed by atoms with Crippen LogP contribution in [-0.4, -0.2) is 36.9 Å². The van der Waals surface area contributed by atoms with Crippen molar-refractivity contribution in [3.63, 3.8) is 0 Å². The fourth-order valence-corrected chi connectivity index (χ4v) is 4.01. The number of carbonyl (C=O) groups is 2. The third-order valence-electron chi connectivity index (χ3n) is 5.53. The zero-order valence-electron chi connectivity index (χ0n) is 18.8. The molecule has 1 aliphatic heterocycles. The second-order valence-electron chi connectivity index (χ2n) is 8.06. The molecule has 2 amide bonds. The van der Waals surface area contributed by atoms with Gasteiger partial charge in [0.15, 0.2) is 0 Å². The van der Waals surface area contributed by atoms with Crippen LogP contribution in [0.1, 0.15) is 16.7 Å². The number of para-hydroxylation sites is 1. The van der Waals surface area contributed by atoms with Gasteiger partial charge in [0.25, 0.3) is 11.8 Å². The standard InChI is InChI=1S/C27H25FN2O3/c1-18-15-19(2)17-23(16-18)33-14-13-30-26(31)24(20-9-11-21(28)12-10-20)25(27(30)32)29(3)22-7-5-4-6-8-22/h4-12,15-17H,13-14H2,1-3H3. The van der Waals surface area contributed by atoms with E-state index in [0.717, 1.165) is 16.8 Å². The number of likely N-dealkylation sites (N-methyl/N-ethyl adjacent to an activating group) is 1. The van der Waals surface area contributed by atoms with E-state index in [4.69, 9.17) is 4.74 Å². The highest BCUT2D eigenvalue weighted by Crippen LogP contribution is 2.33. The van der Waals surface area contributed by atoms with E-state index >= 15 is 0 Å². The fraction of sp³-hybridized carbons (Fsp3) is 0.185. The Hall–Kier alpha value is -3.93. The molecule has 33 heavy (non-hydrogen) atoms. The summed E-state index contributed by atoms with van der Waals surface area (Å²) in [5, 5.41) is 0. The fourth-order valence-electron chi connectivity index (χ4n) is 4.01. The van der Waals surface area contributed by atoms with E-state index in [1.54, 1.807) is 11.9 Å². The number of halogens is 1. The first-order valence-corrected chi connectivity index (χ1v) is 10.7. The van der Waals surface area contributed by atoms with E-state index in [1.807, 2.05) is 62.4 Å². The summed E-state index contributed by atoms with van der Waals surface area (Å²) < 4.78 is 19.4. The largest absolute Gasteiger partial charge is 0.492 e. The van der Waals surface area contributed by atoms with Crippen molar-refractivity contribution in [1.82, 2.24) is 4.90 Å². The molecule has 168 valence electrons. The summed E-state index contributed by atoms with van der Waals surface area (Å²) in [5.74, 6) is -0.546. The zero-order valence-corrected chi connectivity index (χ0v) is 18.8. The van der Waals surface area contributed by atoms with Crippen molar-refractivity contribution in [3.8, 4) is 5.75 Å². The quantitative estimate of drug-likeness (QED) is 0.494. The molecule has 0 saturated heterocycles. The average Bonchev–Trinajstić information content (AvgIpc) is 3.04. The molecule has 0 saturated carbocycles. The Labute approximate surface area is 192 Å². The summed E-state index contributed by atoms with van der Waals surface area (Å²) in [6.45, 7) is 4.23. The lowest BCUT2D eigenvalue weighted by Gasteiger charge is -2.21. The number of rotatable bonds is 7. The Morgan fingerprint density at radius 3 is 2.15 bits per heavy atom. The van der Waals surface area contributed by atoms with Crippen molar-refractivity contribution in [2.24, 2.45) is 0 Å². The summed E-state index contributed by atoms with van der Waals surface area (Å²) >= 11 is 0. The highest BCUT2D eigenvalue weighted by molar-refractivity contribution is 6.36. The monoisotopic (exact) mass is 444 g/mol. The van der Waals surface area contributed by atoms with Gasteiger partial charge in [0.1, 0.15) is 23.9 Å². The molecule has 0 aliphatic carbocycles. The molecule has 3 aromatic carbocycles. The van der Waals surface area contributed by atoms with Gasteiger partial charge in [-0.05, 0) is 66.9 Å². The number of amides is 2. The first-order valence-electron chi connectivity index (χ1n) is 10.7.